The molecule has 1 atom stereocenters. The second-order valence-corrected chi connectivity index (χ2v) is 12.1. The molecular formula is C36H47N5O5. The lowest BCUT2D eigenvalue weighted by molar-refractivity contribution is -0.137. The van der Waals surface area contributed by atoms with Crippen LogP contribution in [-0.4, -0.2) is 91.1 Å². The van der Waals surface area contributed by atoms with Crippen LogP contribution in [0.3, 0.4) is 0 Å². The molecule has 1 aromatic heterocycles. The average molecular weight is 630 g/mol. The largest absolute Gasteiger partial charge is 0.455 e. The zero-order chi connectivity index (χ0) is 32.3. The third-order valence-electron chi connectivity index (χ3n) is 8.97. The van der Waals surface area contributed by atoms with Crippen molar-refractivity contribution in [1.29, 1.82) is 0 Å². The summed E-state index contributed by atoms with van der Waals surface area (Å²) in [6.45, 7) is 10.5. The molecule has 0 radical (unpaired) electrons. The van der Waals surface area contributed by atoms with Crippen LogP contribution in [0.4, 0.5) is 10.5 Å². The third-order valence-corrected chi connectivity index (χ3v) is 8.97. The molecule has 246 valence electrons. The maximum atomic E-state index is 12.8. The van der Waals surface area contributed by atoms with Gasteiger partial charge in [0.05, 0.1) is 18.2 Å². The number of likely N-dealkylation sites (tertiary alicyclic amines) is 2. The van der Waals surface area contributed by atoms with Gasteiger partial charge in [-0.05, 0) is 69.8 Å². The number of carbonyl (C=O) groups is 3. The van der Waals surface area contributed by atoms with Crippen LogP contribution in [-0.2, 0) is 16.1 Å². The number of nitrogens with one attached hydrogen (secondary N) is 2. The third kappa shape index (κ3) is 8.98. The van der Waals surface area contributed by atoms with Gasteiger partial charge in [-0.25, -0.2) is 4.79 Å². The first-order valence-corrected chi connectivity index (χ1v) is 16.7. The molecule has 2 aliphatic heterocycles. The molecular weight excluding hydrogens is 582 g/mol. The van der Waals surface area contributed by atoms with Crippen LogP contribution >= 0.6 is 0 Å². The first-order chi connectivity index (χ1) is 22.4. The summed E-state index contributed by atoms with van der Waals surface area (Å²) in [7, 11) is 0. The molecule has 3 aromatic rings. The minimum absolute atomic E-state index is 0.0163. The second-order valence-electron chi connectivity index (χ2n) is 12.1. The van der Waals surface area contributed by atoms with E-state index in [4.69, 9.17) is 9.15 Å². The fourth-order valence-electron chi connectivity index (χ4n) is 6.42. The van der Waals surface area contributed by atoms with E-state index < -0.39 is 6.09 Å². The summed E-state index contributed by atoms with van der Waals surface area (Å²) in [5.74, 6) is 1.05. The van der Waals surface area contributed by atoms with Gasteiger partial charge < -0.3 is 24.3 Å². The Morgan fingerprint density at radius 1 is 0.891 bits per heavy atom. The Kier molecular flexibility index (Phi) is 11.9. The lowest BCUT2D eigenvalue weighted by atomic mass is 9.96. The first kappa shape index (κ1) is 33.2. The van der Waals surface area contributed by atoms with Crippen LogP contribution < -0.4 is 10.6 Å². The van der Waals surface area contributed by atoms with Crippen molar-refractivity contribution >= 4 is 23.6 Å². The van der Waals surface area contributed by atoms with Crippen molar-refractivity contribution in [3.05, 3.63) is 78.3 Å². The van der Waals surface area contributed by atoms with Crippen molar-refractivity contribution in [2.24, 2.45) is 5.92 Å². The molecule has 46 heavy (non-hydrogen) atoms. The van der Waals surface area contributed by atoms with E-state index in [1.165, 1.54) is 0 Å². The molecule has 10 nitrogen and oxygen atoms in total. The number of carbonyl (C=O) groups excluding carboxylic acids is 3. The quantitative estimate of drug-likeness (QED) is 0.274. The molecule has 0 spiro atoms. The number of ether oxygens (including phenoxy) is 1. The maximum absolute atomic E-state index is 12.8. The van der Waals surface area contributed by atoms with Crippen LogP contribution in [0.1, 0.15) is 55.8 Å². The van der Waals surface area contributed by atoms with E-state index in [0.717, 1.165) is 81.0 Å². The van der Waals surface area contributed by atoms with Gasteiger partial charge in [0.15, 0.2) is 5.76 Å². The number of anilines is 1. The number of hydrogen-bond donors (Lipinski definition) is 2. The summed E-state index contributed by atoms with van der Waals surface area (Å²) >= 11 is 0. The normalized spacial score (nSPS) is 17.7. The number of rotatable bonds is 12. The Morgan fingerprint density at radius 3 is 2.39 bits per heavy atom. The van der Waals surface area contributed by atoms with Crippen molar-refractivity contribution < 1.29 is 23.5 Å². The maximum Gasteiger partial charge on any atom is 0.411 e. The van der Waals surface area contributed by atoms with Crippen LogP contribution in [0.25, 0.3) is 11.1 Å². The van der Waals surface area contributed by atoms with Crippen molar-refractivity contribution in [1.82, 2.24) is 20.0 Å². The Labute approximate surface area is 272 Å². The van der Waals surface area contributed by atoms with Gasteiger partial charge in [0.1, 0.15) is 11.9 Å². The molecule has 2 aromatic carbocycles. The molecule has 0 saturated carbocycles. The highest BCUT2D eigenvalue weighted by atomic mass is 16.6. The fraction of sp³-hybridized carbons (Fsp3) is 0.472. The molecule has 2 fully saturated rings. The summed E-state index contributed by atoms with van der Waals surface area (Å²) < 4.78 is 11.6. The molecule has 1 unspecified atom stereocenters. The fourth-order valence-corrected chi connectivity index (χ4v) is 6.42. The van der Waals surface area contributed by atoms with E-state index in [0.29, 0.717) is 31.9 Å². The number of amides is 3. The first-order valence-electron chi connectivity index (χ1n) is 16.7. The number of nitrogens with zero attached hydrogens (tertiary/aromatic N) is 3. The Balaban J connectivity index is 0.997. The summed E-state index contributed by atoms with van der Waals surface area (Å²) in [6.07, 6.45) is 2.78. The highest BCUT2D eigenvalue weighted by Crippen LogP contribution is 2.28. The molecule has 5 rings (SSSR count). The van der Waals surface area contributed by atoms with Gasteiger partial charge >= 0.3 is 6.09 Å². The highest BCUT2D eigenvalue weighted by molar-refractivity contribution is 5.92. The van der Waals surface area contributed by atoms with E-state index in [-0.39, 0.29) is 23.8 Å². The zero-order valence-electron chi connectivity index (χ0n) is 27.1. The van der Waals surface area contributed by atoms with Crippen molar-refractivity contribution in [2.45, 2.75) is 52.2 Å². The monoisotopic (exact) mass is 629 g/mol. The molecule has 10 heteroatoms. The van der Waals surface area contributed by atoms with Gasteiger partial charge in [-0.3, -0.25) is 19.8 Å². The van der Waals surface area contributed by atoms with Crippen LogP contribution in [0.15, 0.2) is 71.1 Å². The molecule has 2 N–H and O–H groups in total. The smallest absolute Gasteiger partial charge is 0.411 e. The molecule has 2 saturated heterocycles. The topological polar surface area (TPSA) is 107 Å². The minimum Gasteiger partial charge on any atom is -0.455 e. The lowest BCUT2D eigenvalue weighted by Crippen LogP contribution is -2.44. The Morgan fingerprint density at radius 2 is 1.63 bits per heavy atom. The van der Waals surface area contributed by atoms with E-state index in [1.54, 1.807) is 6.07 Å². The summed E-state index contributed by atoms with van der Waals surface area (Å²) in [6, 6.07) is 21.2. The van der Waals surface area contributed by atoms with Gasteiger partial charge in [-0.2, -0.15) is 0 Å². The zero-order valence-corrected chi connectivity index (χ0v) is 27.1. The molecule has 0 aliphatic carbocycles. The van der Waals surface area contributed by atoms with Crippen molar-refractivity contribution in [2.75, 3.05) is 57.7 Å². The van der Waals surface area contributed by atoms with Gasteiger partial charge in [0, 0.05) is 51.4 Å². The summed E-state index contributed by atoms with van der Waals surface area (Å²) in [5.41, 5.74) is 2.70. The SMILES string of the molecule is CCN(CC)C(=O)C1CCCN(Cc2ccc(C(=O)NCCN3CCC(OC(=O)Nc4ccccc4-c4ccccc4)CC3)o2)C1. The predicted molar refractivity (Wildman–Crippen MR) is 178 cm³/mol. The highest BCUT2D eigenvalue weighted by Gasteiger charge is 2.29. The lowest BCUT2D eigenvalue weighted by Gasteiger charge is -2.34. The van der Waals surface area contributed by atoms with Crippen LogP contribution in [0, 0.1) is 5.92 Å². The van der Waals surface area contributed by atoms with E-state index in [1.807, 2.05) is 79.4 Å². The van der Waals surface area contributed by atoms with Gasteiger partial charge in [-0.15, -0.1) is 0 Å². The Bertz CT molecular complexity index is 1430. The van der Waals surface area contributed by atoms with Gasteiger partial charge in [0.2, 0.25) is 5.91 Å². The molecule has 0 bridgehead atoms. The summed E-state index contributed by atoms with van der Waals surface area (Å²) in [5, 5.41) is 5.89. The van der Waals surface area contributed by atoms with Gasteiger partial charge in [-0.1, -0.05) is 48.5 Å². The van der Waals surface area contributed by atoms with E-state index >= 15 is 0 Å². The van der Waals surface area contributed by atoms with Gasteiger partial charge in [0.25, 0.3) is 5.91 Å². The van der Waals surface area contributed by atoms with E-state index in [2.05, 4.69) is 20.4 Å². The number of para-hydroxylation sites is 1. The van der Waals surface area contributed by atoms with Crippen LogP contribution in [0.2, 0.25) is 0 Å². The number of furan rings is 1. The second kappa shape index (κ2) is 16.4. The van der Waals surface area contributed by atoms with Crippen LogP contribution in [0.5, 0.6) is 0 Å². The number of hydrogen-bond acceptors (Lipinski definition) is 7. The standard InChI is InChI=1S/C36H47N5O5/c1-3-41(4-2)35(43)28-13-10-21-40(25-28)26-30-16-17-33(45-30)34(42)37-20-24-39-22-18-29(19-23-39)46-36(44)38-32-15-9-8-14-31(32)27-11-6-5-7-12-27/h5-9,11-12,14-17,28-29H,3-4,10,13,18-26H2,1-2H3,(H,37,42)(H,38,44). The summed E-state index contributed by atoms with van der Waals surface area (Å²) in [4.78, 5) is 44.7. The molecule has 3 amide bonds. The number of benzene rings is 2. The predicted octanol–water partition coefficient (Wildman–Crippen LogP) is 5.47. The Hall–Kier alpha value is -4.15. The number of piperidine rings is 2. The molecule has 3 heterocycles. The minimum atomic E-state index is -0.444. The molecule has 2 aliphatic rings. The average Bonchev–Trinajstić information content (AvgIpc) is 3.55. The van der Waals surface area contributed by atoms with E-state index in [9.17, 15) is 14.4 Å². The van der Waals surface area contributed by atoms with Crippen molar-refractivity contribution in [3.8, 4) is 11.1 Å². The van der Waals surface area contributed by atoms with Crippen molar-refractivity contribution in [3.63, 3.8) is 0 Å².